The average molecular weight is 351 g/mol. The number of ketones is 1. The Hall–Kier alpha value is -1.26. The van der Waals surface area contributed by atoms with Crippen molar-refractivity contribution in [1.29, 1.82) is 0 Å². The molecule has 0 saturated heterocycles. The molecule has 0 fully saturated rings. The van der Waals surface area contributed by atoms with Gasteiger partial charge in [0.1, 0.15) is 5.75 Å². The van der Waals surface area contributed by atoms with Gasteiger partial charge in [0.15, 0.2) is 5.78 Å². The van der Waals surface area contributed by atoms with Gasteiger partial charge in [-0.05, 0) is 47.1 Å². The molecular weight excluding hydrogens is 336 g/mol. The SMILES string of the molecule is CCOc1cccc(C(=O)CSc2ccccc2Br)c1. The predicted octanol–water partition coefficient (Wildman–Crippen LogP) is 4.82. The largest absolute Gasteiger partial charge is 0.494 e. The summed E-state index contributed by atoms with van der Waals surface area (Å²) in [4.78, 5) is 13.3. The van der Waals surface area contributed by atoms with Crippen molar-refractivity contribution in [2.45, 2.75) is 11.8 Å². The van der Waals surface area contributed by atoms with E-state index in [1.54, 1.807) is 6.07 Å². The van der Waals surface area contributed by atoms with E-state index in [4.69, 9.17) is 4.74 Å². The topological polar surface area (TPSA) is 26.3 Å². The van der Waals surface area contributed by atoms with E-state index in [9.17, 15) is 4.79 Å². The Morgan fingerprint density at radius 1 is 1.20 bits per heavy atom. The van der Waals surface area contributed by atoms with Gasteiger partial charge in [-0.25, -0.2) is 0 Å². The van der Waals surface area contributed by atoms with E-state index in [0.717, 1.165) is 15.1 Å². The maximum Gasteiger partial charge on any atom is 0.173 e. The van der Waals surface area contributed by atoms with Crippen molar-refractivity contribution in [3.8, 4) is 5.75 Å². The van der Waals surface area contributed by atoms with Crippen LogP contribution >= 0.6 is 27.7 Å². The molecule has 2 aromatic carbocycles. The molecule has 0 atom stereocenters. The quantitative estimate of drug-likeness (QED) is 0.551. The van der Waals surface area contributed by atoms with E-state index in [1.165, 1.54) is 11.8 Å². The maximum atomic E-state index is 12.2. The monoisotopic (exact) mass is 350 g/mol. The third kappa shape index (κ3) is 4.12. The van der Waals surface area contributed by atoms with Gasteiger partial charge in [-0.1, -0.05) is 24.3 Å². The van der Waals surface area contributed by atoms with E-state index in [0.29, 0.717) is 17.9 Å². The number of ether oxygens (including phenoxy) is 1. The van der Waals surface area contributed by atoms with E-state index >= 15 is 0 Å². The summed E-state index contributed by atoms with van der Waals surface area (Å²) in [6, 6.07) is 15.2. The van der Waals surface area contributed by atoms with Crippen molar-refractivity contribution in [1.82, 2.24) is 0 Å². The molecule has 0 N–H and O–H groups in total. The molecule has 0 radical (unpaired) electrons. The van der Waals surface area contributed by atoms with Crippen LogP contribution in [0.4, 0.5) is 0 Å². The second kappa shape index (κ2) is 7.50. The molecule has 0 unspecified atom stereocenters. The van der Waals surface area contributed by atoms with Crippen molar-refractivity contribution in [2.24, 2.45) is 0 Å². The molecule has 2 rings (SSSR count). The lowest BCUT2D eigenvalue weighted by Crippen LogP contribution is -2.03. The van der Waals surface area contributed by atoms with Gasteiger partial charge in [-0.15, -0.1) is 11.8 Å². The lowest BCUT2D eigenvalue weighted by Gasteiger charge is -2.06. The molecule has 0 aliphatic heterocycles. The Balaban J connectivity index is 2.01. The van der Waals surface area contributed by atoms with Gasteiger partial charge in [0.2, 0.25) is 0 Å². The van der Waals surface area contributed by atoms with Crippen LogP contribution in [0.3, 0.4) is 0 Å². The summed E-state index contributed by atoms with van der Waals surface area (Å²) >= 11 is 5.01. The van der Waals surface area contributed by atoms with Crippen molar-refractivity contribution < 1.29 is 9.53 Å². The summed E-state index contributed by atoms with van der Waals surface area (Å²) in [5, 5.41) is 0. The number of hydrogen-bond acceptors (Lipinski definition) is 3. The van der Waals surface area contributed by atoms with Crippen molar-refractivity contribution >= 4 is 33.5 Å². The molecule has 2 nitrogen and oxygen atoms in total. The third-order valence-corrected chi connectivity index (χ3v) is 4.69. The van der Waals surface area contributed by atoms with Gasteiger partial charge >= 0.3 is 0 Å². The highest BCUT2D eigenvalue weighted by Crippen LogP contribution is 2.27. The van der Waals surface area contributed by atoms with Crippen molar-refractivity contribution in [3.63, 3.8) is 0 Å². The number of benzene rings is 2. The van der Waals surface area contributed by atoms with Crippen LogP contribution in [-0.4, -0.2) is 18.1 Å². The molecule has 0 heterocycles. The molecule has 2 aromatic rings. The number of Topliss-reactive ketones (excluding diaryl/α,β-unsaturated/α-hetero) is 1. The first-order chi connectivity index (χ1) is 9.70. The highest BCUT2D eigenvalue weighted by molar-refractivity contribution is 9.10. The lowest BCUT2D eigenvalue weighted by atomic mass is 10.1. The number of halogens is 1. The minimum Gasteiger partial charge on any atom is -0.494 e. The molecule has 0 aliphatic carbocycles. The Labute approximate surface area is 131 Å². The van der Waals surface area contributed by atoms with Crippen LogP contribution in [0.1, 0.15) is 17.3 Å². The summed E-state index contributed by atoms with van der Waals surface area (Å²) in [5.74, 6) is 1.26. The molecule has 0 spiro atoms. The molecule has 0 aliphatic rings. The van der Waals surface area contributed by atoms with Crippen LogP contribution in [0.25, 0.3) is 0 Å². The van der Waals surface area contributed by atoms with Crippen LogP contribution < -0.4 is 4.74 Å². The minimum atomic E-state index is 0.104. The van der Waals surface area contributed by atoms with Crippen LogP contribution in [0.5, 0.6) is 5.75 Å². The third-order valence-electron chi connectivity index (χ3n) is 2.66. The Morgan fingerprint density at radius 2 is 2.00 bits per heavy atom. The van der Waals surface area contributed by atoms with Gasteiger partial charge in [-0.3, -0.25) is 4.79 Å². The zero-order valence-corrected chi connectivity index (χ0v) is 13.5. The van der Waals surface area contributed by atoms with Gasteiger partial charge in [0, 0.05) is 14.9 Å². The van der Waals surface area contributed by atoms with E-state index in [2.05, 4.69) is 15.9 Å². The molecule has 0 bridgehead atoms. The summed E-state index contributed by atoms with van der Waals surface area (Å²) in [7, 11) is 0. The fourth-order valence-electron chi connectivity index (χ4n) is 1.71. The highest BCUT2D eigenvalue weighted by atomic mass is 79.9. The highest BCUT2D eigenvalue weighted by Gasteiger charge is 2.09. The second-order valence-corrected chi connectivity index (χ2v) is 5.97. The first-order valence-electron chi connectivity index (χ1n) is 6.34. The summed E-state index contributed by atoms with van der Waals surface area (Å²) in [6.07, 6.45) is 0. The van der Waals surface area contributed by atoms with E-state index in [-0.39, 0.29) is 5.78 Å². The second-order valence-electron chi connectivity index (χ2n) is 4.10. The van der Waals surface area contributed by atoms with Crippen molar-refractivity contribution in [3.05, 3.63) is 58.6 Å². The number of thioether (sulfide) groups is 1. The molecule has 0 amide bonds. The van der Waals surface area contributed by atoms with Crippen LogP contribution in [-0.2, 0) is 0 Å². The average Bonchev–Trinajstić information content (AvgIpc) is 2.47. The molecule has 20 heavy (non-hydrogen) atoms. The first kappa shape index (κ1) is 15.1. The lowest BCUT2D eigenvalue weighted by molar-refractivity contribution is 0.102. The smallest absolute Gasteiger partial charge is 0.173 e. The number of carbonyl (C=O) groups is 1. The summed E-state index contributed by atoms with van der Waals surface area (Å²) in [5.41, 5.74) is 0.690. The number of carbonyl (C=O) groups excluding carboxylic acids is 1. The molecule has 0 aromatic heterocycles. The Kier molecular flexibility index (Phi) is 5.68. The van der Waals surface area contributed by atoms with Crippen LogP contribution in [0.2, 0.25) is 0 Å². The normalized spacial score (nSPS) is 10.3. The zero-order valence-electron chi connectivity index (χ0n) is 11.1. The van der Waals surface area contributed by atoms with E-state index in [1.807, 2.05) is 49.4 Å². The standard InChI is InChI=1S/C16H15BrO2S/c1-2-19-13-7-5-6-12(10-13)15(18)11-20-16-9-4-3-8-14(16)17/h3-10H,2,11H2,1H3. The Morgan fingerprint density at radius 3 is 2.75 bits per heavy atom. The Bertz CT molecular complexity index is 599. The van der Waals surface area contributed by atoms with Gasteiger partial charge in [0.05, 0.1) is 12.4 Å². The maximum absolute atomic E-state index is 12.2. The van der Waals surface area contributed by atoms with Gasteiger partial charge in [-0.2, -0.15) is 0 Å². The molecule has 4 heteroatoms. The van der Waals surface area contributed by atoms with Crippen LogP contribution in [0.15, 0.2) is 57.9 Å². The minimum absolute atomic E-state index is 0.104. The molecular formula is C16H15BrO2S. The number of rotatable bonds is 6. The fourth-order valence-corrected chi connectivity index (χ4v) is 3.18. The van der Waals surface area contributed by atoms with Gasteiger partial charge in [0.25, 0.3) is 0 Å². The fraction of sp³-hybridized carbons (Fsp3) is 0.188. The summed E-state index contributed by atoms with van der Waals surface area (Å²) in [6.45, 7) is 2.53. The van der Waals surface area contributed by atoms with Gasteiger partial charge < -0.3 is 4.74 Å². The van der Waals surface area contributed by atoms with Crippen molar-refractivity contribution in [2.75, 3.05) is 12.4 Å². The first-order valence-corrected chi connectivity index (χ1v) is 8.12. The summed E-state index contributed by atoms with van der Waals surface area (Å²) < 4.78 is 6.43. The zero-order chi connectivity index (χ0) is 14.4. The molecule has 104 valence electrons. The number of hydrogen-bond donors (Lipinski definition) is 0. The van der Waals surface area contributed by atoms with Crippen LogP contribution in [0, 0.1) is 0 Å². The van der Waals surface area contributed by atoms with E-state index < -0.39 is 0 Å². The molecule has 0 saturated carbocycles. The predicted molar refractivity (Wildman–Crippen MR) is 86.8 cm³/mol.